The highest BCUT2D eigenvalue weighted by Crippen LogP contribution is 2.38. The molecule has 7 heteroatoms. The van der Waals surface area contributed by atoms with Crippen LogP contribution in [0.2, 0.25) is 0 Å². The molecule has 7 nitrogen and oxygen atoms in total. The van der Waals surface area contributed by atoms with Crippen molar-refractivity contribution in [3.63, 3.8) is 0 Å². The van der Waals surface area contributed by atoms with Gasteiger partial charge in [-0.3, -0.25) is 4.68 Å². The normalized spacial score (nSPS) is 19.9. The Morgan fingerprint density at radius 2 is 2.27 bits per heavy atom. The molecule has 0 bridgehead atoms. The molecule has 0 aromatic carbocycles. The van der Waals surface area contributed by atoms with Crippen molar-refractivity contribution in [1.82, 2.24) is 14.7 Å². The molecule has 0 amide bonds. The van der Waals surface area contributed by atoms with Gasteiger partial charge >= 0.3 is 5.97 Å². The Kier molecular flexibility index (Phi) is 4.58. The molecule has 0 unspecified atom stereocenters. The van der Waals surface area contributed by atoms with Crippen LogP contribution < -0.4 is 0 Å². The highest BCUT2D eigenvalue weighted by molar-refractivity contribution is 5.91. The van der Waals surface area contributed by atoms with E-state index in [-0.39, 0.29) is 6.10 Å². The summed E-state index contributed by atoms with van der Waals surface area (Å²) in [6.07, 6.45) is 3.89. The number of aryl methyl sites for hydroxylation is 2. The molecular formula is C19H25N3O4. The van der Waals surface area contributed by atoms with E-state index in [0.717, 1.165) is 61.7 Å². The first-order chi connectivity index (χ1) is 12.6. The molecule has 4 rings (SSSR count). The molecule has 2 aromatic rings. The molecule has 1 saturated heterocycles. The number of fused-ring (bicyclic) bond motifs is 3. The van der Waals surface area contributed by atoms with Crippen LogP contribution in [-0.4, -0.2) is 60.1 Å². The van der Waals surface area contributed by atoms with Crippen LogP contribution in [0.25, 0.3) is 11.3 Å². The minimum atomic E-state index is -0.404. The van der Waals surface area contributed by atoms with Crippen molar-refractivity contribution >= 4 is 5.97 Å². The molecule has 1 aliphatic carbocycles. The zero-order valence-electron chi connectivity index (χ0n) is 15.6. The Morgan fingerprint density at radius 1 is 1.42 bits per heavy atom. The van der Waals surface area contributed by atoms with Crippen LogP contribution >= 0.6 is 0 Å². The van der Waals surface area contributed by atoms with E-state index in [1.165, 1.54) is 5.56 Å². The molecule has 1 fully saturated rings. The van der Waals surface area contributed by atoms with E-state index in [4.69, 9.17) is 19.0 Å². The van der Waals surface area contributed by atoms with Crippen molar-refractivity contribution in [2.75, 3.05) is 33.4 Å². The maximum absolute atomic E-state index is 12.1. The van der Waals surface area contributed by atoms with Crippen LogP contribution in [0.5, 0.6) is 0 Å². The third kappa shape index (κ3) is 3.05. The highest BCUT2D eigenvalue weighted by atomic mass is 16.5. The largest absolute Gasteiger partial charge is 0.460 e. The standard InChI is InChI=1S/C19H25N3O4/c1-4-24-19(23)18-12(2)16-15(26-18)6-5-13-9-22(20-17(13)16)11-14-10-21(3)7-8-25-14/h9,14H,4-8,10-11H2,1-3H3/t14-/m1/s1. The molecule has 2 aromatic heterocycles. The van der Waals surface area contributed by atoms with Crippen LogP contribution in [0.4, 0.5) is 0 Å². The molecule has 1 aliphatic heterocycles. The Morgan fingerprint density at radius 3 is 3.04 bits per heavy atom. The number of ether oxygens (including phenoxy) is 2. The number of hydrogen-bond acceptors (Lipinski definition) is 6. The Labute approximate surface area is 152 Å². The monoisotopic (exact) mass is 359 g/mol. The minimum absolute atomic E-state index is 0.148. The van der Waals surface area contributed by atoms with Crippen molar-refractivity contribution in [2.45, 2.75) is 39.3 Å². The van der Waals surface area contributed by atoms with E-state index >= 15 is 0 Å². The van der Waals surface area contributed by atoms with Gasteiger partial charge in [0.2, 0.25) is 5.76 Å². The van der Waals surface area contributed by atoms with E-state index in [9.17, 15) is 4.79 Å². The first-order valence-electron chi connectivity index (χ1n) is 9.23. The van der Waals surface area contributed by atoms with Gasteiger partial charge in [0.1, 0.15) is 5.76 Å². The predicted octanol–water partition coefficient (Wildman–Crippen LogP) is 2.06. The van der Waals surface area contributed by atoms with E-state index < -0.39 is 5.97 Å². The molecule has 2 aliphatic rings. The minimum Gasteiger partial charge on any atom is -0.460 e. The second kappa shape index (κ2) is 6.89. The van der Waals surface area contributed by atoms with E-state index in [0.29, 0.717) is 12.4 Å². The second-order valence-corrected chi connectivity index (χ2v) is 7.05. The molecule has 0 saturated carbocycles. The summed E-state index contributed by atoms with van der Waals surface area (Å²) in [5.41, 5.74) is 3.89. The van der Waals surface area contributed by atoms with Gasteiger partial charge in [-0.05, 0) is 32.9 Å². The van der Waals surface area contributed by atoms with Crippen LogP contribution in [0.15, 0.2) is 10.6 Å². The Hall–Kier alpha value is -2.12. The number of hydrogen-bond donors (Lipinski definition) is 0. The zero-order chi connectivity index (χ0) is 18.3. The fourth-order valence-corrected chi connectivity index (χ4v) is 3.83. The maximum atomic E-state index is 12.1. The van der Waals surface area contributed by atoms with Gasteiger partial charge in [-0.25, -0.2) is 4.79 Å². The number of esters is 1. The number of rotatable bonds is 4. The van der Waals surface area contributed by atoms with Crippen molar-refractivity contribution in [2.24, 2.45) is 0 Å². The van der Waals surface area contributed by atoms with Crippen molar-refractivity contribution in [3.8, 4) is 11.3 Å². The van der Waals surface area contributed by atoms with E-state index in [1.807, 2.05) is 11.6 Å². The molecule has 0 N–H and O–H groups in total. The summed E-state index contributed by atoms with van der Waals surface area (Å²) in [4.78, 5) is 14.4. The van der Waals surface area contributed by atoms with Gasteiger partial charge in [0.25, 0.3) is 0 Å². The van der Waals surface area contributed by atoms with Crippen molar-refractivity contribution < 1.29 is 18.7 Å². The van der Waals surface area contributed by atoms with Gasteiger partial charge < -0.3 is 18.8 Å². The topological polar surface area (TPSA) is 69.7 Å². The van der Waals surface area contributed by atoms with Crippen LogP contribution in [0, 0.1) is 6.92 Å². The summed E-state index contributed by atoms with van der Waals surface area (Å²) in [6, 6.07) is 0. The smallest absolute Gasteiger partial charge is 0.374 e. The average Bonchev–Trinajstić information content (AvgIpc) is 3.15. The molecule has 26 heavy (non-hydrogen) atoms. The van der Waals surface area contributed by atoms with Gasteiger partial charge in [0.15, 0.2) is 0 Å². The SMILES string of the molecule is CCOC(=O)c1oc2c(c1C)-c1nn(C[C@H]3CN(C)CCO3)cc1CC2. The number of morpholine rings is 1. The molecule has 3 heterocycles. The number of furan rings is 1. The number of aromatic nitrogens is 2. The first-order valence-corrected chi connectivity index (χ1v) is 9.23. The summed E-state index contributed by atoms with van der Waals surface area (Å²) in [7, 11) is 2.11. The van der Waals surface area contributed by atoms with E-state index in [1.54, 1.807) is 6.92 Å². The fourth-order valence-electron chi connectivity index (χ4n) is 3.83. The third-order valence-corrected chi connectivity index (χ3v) is 5.11. The molecule has 0 spiro atoms. The maximum Gasteiger partial charge on any atom is 0.374 e. The molecule has 0 radical (unpaired) electrons. The summed E-state index contributed by atoms with van der Waals surface area (Å²) < 4.78 is 18.8. The second-order valence-electron chi connectivity index (χ2n) is 7.05. The van der Waals surface area contributed by atoms with Crippen LogP contribution in [0.1, 0.15) is 34.4 Å². The Bertz CT molecular complexity index is 823. The number of carbonyl (C=O) groups is 1. The molecule has 140 valence electrons. The van der Waals surface area contributed by atoms with Crippen LogP contribution in [-0.2, 0) is 28.9 Å². The van der Waals surface area contributed by atoms with Gasteiger partial charge in [0, 0.05) is 36.8 Å². The summed E-state index contributed by atoms with van der Waals surface area (Å²) >= 11 is 0. The van der Waals surface area contributed by atoms with E-state index in [2.05, 4.69) is 18.1 Å². The highest BCUT2D eigenvalue weighted by Gasteiger charge is 2.30. The fraction of sp³-hybridized carbons (Fsp3) is 0.579. The van der Waals surface area contributed by atoms with Gasteiger partial charge in [-0.15, -0.1) is 0 Å². The molecular weight excluding hydrogens is 334 g/mol. The van der Waals surface area contributed by atoms with Crippen molar-refractivity contribution in [3.05, 3.63) is 28.8 Å². The molecule has 1 atom stereocenters. The first kappa shape index (κ1) is 17.3. The number of likely N-dealkylation sites (N-methyl/N-ethyl adjacent to an activating group) is 1. The lowest BCUT2D eigenvalue weighted by atomic mass is 9.94. The number of nitrogens with zero attached hydrogens (tertiary/aromatic N) is 3. The lowest BCUT2D eigenvalue weighted by Crippen LogP contribution is -2.42. The quantitative estimate of drug-likeness (QED) is 0.779. The zero-order valence-corrected chi connectivity index (χ0v) is 15.6. The average molecular weight is 359 g/mol. The number of carbonyl (C=O) groups excluding carboxylic acids is 1. The summed E-state index contributed by atoms with van der Waals surface area (Å²) in [5.74, 6) is 0.729. The van der Waals surface area contributed by atoms with Gasteiger partial charge in [-0.1, -0.05) is 0 Å². The summed E-state index contributed by atoms with van der Waals surface area (Å²) in [6.45, 7) is 7.40. The predicted molar refractivity (Wildman–Crippen MR) is 95.3 cm³/mol. The van der Waals surface area contributed by atoms with Crippen LogP contribution in [0.3, 0.4) is 0 Å². The van der Waals surface area contributed by atoms with Gasteiger partial charge in [-0.2, -0.15) is 5.10 Å². The van der Waals surface area contributed by atoms with Crippen molar-refractivity contribution in [1.29, 1.82) is 0 Å². The Balaban J connectivity index is 1.61. The lowest BCUT2D eigenvalue weighted by molar-refractivity contribution is -0.0290. The lowest BCUT2D eigenvalue weighted by Gasteiger charge is -2.29. The summed E-state index contributed by atoms with van der Waals surface area (Å²) in [5, 5.41) is 4.80. The van der Waals surface area contributed by atoms with Gasteiger partial charge in [0.05, 0.1) is 31.6 Å². The third-order valence-electron chi connectivity index (χ3n) is 5.11.